The van der Waals surface area contributed by atoms with Gasteiger partial charge in [-0.2, -0.15) is 0 Å². The van der Waals surface area contributed by atoms with Gasteiger partial charge in [0.05, 0.1) is 12.0 Å². The van der Waals surface area contributed by atoms with Crippen LogP contribution in [0.25, 0.3) is 11.5 Å². The summed E-state index contributed by atoms with van der Waals surface area (Å²) in [6.07, 6.45) is 0.255. The summed E-state index contributed by atoms with van der Waals surface area (Å²) in [5, 5.41) is 16.8. The molecule has 0 aliphatic heterocycles. The van der Waals surface area contributed by atoms with Crippen LogP contribution in [0.2, 0.25) is 5.02 Å². The van der Waals surface area contributed by atoms with Crippen LogP contribution in [0.1, 0.15) is 26.2 Å². The number of carboxylic acids is 1. The van der Waals surface area contributed by atoms with Crippen molar-refractivity contribution < 1.29 is 18.7 Å². The zero-order chi connectivity index (χ0) is 15.6. The number of benzene rings is 1. The average Bonchev–Trinajstić information content (AvgIpc) is 2.78. The van der Waals surface area contributed by atoms with Crippen molar-refractivity contribution in [1.82, 2.24) is 10.2 Å². The molecule has 1 aromatic carbocycles. The minimum Gasteiger partial charge on any atom is -0.481 e. The zero-order valence-corrected chi connectivity index (χ0v) is 12.3. The van der Waals surface area contributed by atoms with Crippen LogP contribution in [-0.4, -0.2) is 21.3 Å². The first-order chi connectivity index (χ1) is 9.77. The summed E-state index contributed by atoms with van der Waals surface area (Å²) < 4.78 is 19.1. The second-order valence-corrected chi connectivity index (χ2v) is 5.97. The molecule has 5 nitrogen and oxygen atoms in total. The molecule has 0 saturated heterocycles. The van der Waals surface area contributed by atoms with E-state index in [2.05, 4.69) is 10.2 Å². The highest BCUT2D eigenvalue weighted by Crippen LogP contribution is 2.29. The molecule has 21 heavy (non-hydrogen) atoms. The predicted octanol–water partition coefficient (Wildman–Crippen LogP) is 3.57. The summed E-state index contributed by atoms with van der Waals surface area (Å²) >= 11 is 5.82. The molecule has 1 heterocycles. The average molecular weight is 313 g/mol. The number of carboxylic acid groups (broad SMARTS) is 1. The summed E-state index contributed by atoms with van der Waals surface area (Å²) in [5.41, 5.74) is -0.417. The van der Waals surface area contributed by atoms with E-state index in [-0.39, 0.29) is 30.2 Å². The Morgan fingerprint density at radius 3 is 2.81 bits per heavy atom. The highest BCUT2D eigenvalue weighted by Gasteiger charge is 2.25. The minimum absolute atomic E-state index is 0.0242. The predicted molar refractivity (Wildman–Crippen MR) is 74.4 cm³/mol. The Kier molecular flexibility index (Phi) is 4.27. The van der Waals surface area contributed by atoms with Crippen molar-refractivity contribution in [3.8, 4) is 11.5 Å². The quantitative estimate of drug-likeness (QED) is 0.913. The lowest BCUT2D eigenvalue weighted by Crippen LogP contribution is -2.19. The van der Waals surface area contributed by atoms with Gasteiger partial charge in [-0.15, -0.1) is 10.2 Å². The molecule has 7 heteroatoms. The van der Waals surface area contributed by atoms with Gasteiger partial charge in [0, 0.05) is 11.4 Å². The second kappa shape index (κ2) is 5.81. The van der Waals surface area contributed by atoms with Gasteiger partial charge in [-0.1, -0.05) is 25.4 Å². The van der Waals surface area contributed by atoms with Crippen LogP contribution in [0.15, 0.2) is 22.6 Å². The lowest BCUT2D eigenvalue weighted by Gasteiger charge is -2.19. The van der Waals surface area contributed by atoms with Gasteiger partial charge in [-0.25, -0.2) is 4.39 Å². The summed E-state index contributed by atoms with van der Waals surface area (Å²) in [7, 11) is 0. The lowest BCUT2D eigenvalue weighted by molar-refractivity contribution is -0.139. The van der Waals surface area contributed by atoms with Crippen LogP contribution in [-0.2, 0) is 11.2 Å². The molecule has 0 radical (unpaired) electrons. The van der Waals surface area contributed by atoms with E-state index < -0.39 is 17.2 Å². The van der Waals surface area contributed by atoms with Crippen LogP contribution < -0.4 is 0 Å². The maximum absolute atomic E-state index is 13.7. The summed E-state index contributed by atoms with van der Waals surface area (Å²) in [6.45, 7) is 3.57. The van der Waals surface area contributed by atoms with Crippen molar-refractivity contribution in [3.05, 3.63) is 34.9 Å². The maximum Gasteiger partial charge on any atom is 0.303 e. The van der Waals surface area contributed by atoms with Crippen molar-refractivity contribution in [2.45, 2.75) is 26.7 Å². The third-order valence-electron chi connectivity index (χ3n) is 2.89. The molecule has 0 fully saturated rings. The molecule has 0 saturated carbocycles. The topological polar surface area (TPSA) is 76.2 Å². The van der Waals surface area contributed by atoms with Gasteiger partial charge in [-0.3, -0.25) is 4.79 Å². The molecule has 112 valence electrons. The van der Waals surface area contributed by atoms with Gasteiger partial charge in [0.1, 0.15) is 5.82 Å². The normalized spacial score (nSPS) is 11.6. The summed E-state index contributed by atoms with van der Waals surface area (Å²) in [6, 6.07) is 4.04. The van der Waals surface area contributed by atoms with Crippen LogP contribution in [0.4, 0.5) is 4.39 Å². The fourth-order valence-electron chi connectivity index (χ4n) is 1.98. The summed E-state index contributed by atoms with van der Waals surface area (Å²) in [4.78, 5) is 10.8. The van der Waals surface area contributed by atoms with Crippen molar-refractivity contribution in [1.29, 1.82) is 0 Å². The number of aliphatic carboxylic acids is 1. The fourth-order valence-corrected chi connectivity index (χ4v) is 2.15. The Morgan fingerprint density at radius 1 is 1.43 bits per heavy atom. The molecular weight excluding hydrogens is 299 g/mol. The highest BCUT2D eigenvalue weighted by molar-refractivity contribution is 6.30. The Hall–Kier alpha value is -1.95. The van der Waals surface area contributed by atoms with E-state index in [0.29, 0.717) is 5.02 Å². The summed E-state index contributed by atoms with van der Waals surface area (Å²) in [5.74, 6) is -1.13. The number of aromatic nitrogens is 2. The molecule has 2 rings (SSSR count). The maximum atomic E-state index is 13.7. The van der Waals surface area contributed by atoms with Crippen molar-refractivity contribution in [2.24, 2.45) is 5.41 Å². The number of hydrogen-bond acceptors (Lipinski definition) is 4. The smallest absolute Gasteiger partial charge is 0.303 e. The standard InChI is InChI=1S/C14H14ClFN2O3/c1-14(2,7-12(19)20)6-11-17-18-13(21-11)9-5-8(15)3-4-10(9)16/h3-5H,6-7H2,1-2H3,(H,19,20). The third kappa shape index (κ3) is 4.01. The van der Waals surface area contributed by atoms with Gasteiger partial charge in [0.15, 0.2) is 0 Å². The SMILES string of the molecule is CC(C)(CC(=O)O)Cc1nnc(-c2cc(Cl)ccc2F)o1. The van der Waals surface area contributed by atoms with Gasteiger partial charge in [0.25, 0.3) is 5.89 Å². The first kappa shape index (κ1) is 15.4. The monoisotopic (exact) mass is 312 g/mol. The van der Waals surface area contributed by atoms with Crippen LogP contribution in [0.3, 0.4) is 0 Å². The molecule has 0 amide bonds. The minimum atomic E-state index is -0.902. The van der Waals surface area contributed by atoms with Gasteiger partial charge in [0.2, 0.25) is 5.89 Å². The molecule has 0 spiro atoms. The Balaban J connectivity index is 2.22. The molecule has 1 N–H and O–H groups in total. The number of nitrogens with zero attached hydrogens (tertiary/aromatic N) is 2. The van der Waals surface area contributed by atoms with E-state index in [9.17, 15) is 9.18 Å². The molecule has 0 aliphatic carbocycles. The first-order valence-electron chi connectivity index (χ1n) is 6.26. The van der Waals surface area contributed by atoms with Crippen molar-refractivity contribution >= 4 is 17.6 Å². The van der Waals surface area contributed by atoms with E-state index in [0.717, 1.165) is 0 Å². The molecule has 0 unspecified atom stereocenters. The van der Waals surface area contributed by atoms with Crippen molar-refractivity contribution in [3.63, 3.8) is 0 Å². The van der Waals surface area contributed by atoms with E-state index in [4.69, 9.17) is 21.1 Å². The lowest BCUT2D eigenvalue weighted by atomic mass is 9.86. The third-order valence-corrected chi connectivity index (χ3v) is 3.12. The van der Waals surface area contributed by atoms with Crippen LogP contribution in [0, 0.1) is 11.2 Å². The Bertz CT molecular complexity index is 670. The van der Waals surface area contributed by atoms with E-state index in [1.54, 1.807) is 13.8 Å². The number of halogens is 2. The molecule has 2 aromatic rings. The molecule has 0 bridgehead atoms. The number of hydrogen-bond donors (Lipinski definition) is 1. The Labute approximate surface area is 125 Å². The largest absolute Gasteiger partial charge is 0.481 e. The van der Waals surface area contributed by atoms with E-state index in [1.807, 2.05) is 0 Å². The van der Waals surface area contributed by atoms with Crippen LogP contribution >= 0.6 is 11.6 Å². The Morgan fingerprint density at radius 2 is 2.14 bits per heavy atom. The van der Waals surface area contributed by atoms with Gasteiger partial charge < -0.3 is 9.52 Å². The number of rotatable bonds is 5. The van der Waals surface area contributed by atoms with Crippen LogP contribution in [0.5, 0.6) is 0 Å². The second-order valence-electron chi connectivity index (χ2n) is 5.54. The molecular formula is C14H14ClFN2O3. The van der Waals surface area contributed by atoms with Gasteiger partial charge in [-0.05, 0) is 23.6 Å². The number of carbonyl (C=O) groups is 1. The van der Waals surface area contributed by atoms with Gasteiger partial charge >= 0.3 is 5.97 Å². The molecule has 0 aliphatic rings. The fraction of sp³-hybridized carbons (Fsp3) is 0.357. The molecule has 0 atom stereocenters. The zero-order valence-electron chi connectivity index (χ0n) is 11.6. The van der Waals surface area contributed by atoms with E-state index >= 15 is 0 Å². The first-order valence-corrected chi connectivity index (χ1v) is 6.64. The van der Waals surface area contributed by atoms with Crippen molar-refractivity contribution in [2.75, 3.05) is 0 Å². The highest BCUT2D eigenvalue weighted by atomic mass is 35.5. The van der Waals surface area contributed by atoms with E-state index in [1.165, 1.54) is 18.2 Å². The molecule has 1 aromatic heterocycles.